The Labute approximate surface area is 112 Å². The first-order valence-electron chi connectivity index (χ1n) is 5.68. The summed E-state index contributed by atoms with van der Waals surface area (Å²) in [5, 5.41) is 2.01. The van der Waals surface area contributed by atoms with Crippen molar-refractivity contribution in [2.24, 2.45) is 0 Å². The lowest BCUT2D eigenvalue weighted by Gasteiger charge is -2.14. The number of thioether (sulfide) groups is 1. The molecule has 1 rings (SSSR count). The van der Waals surface area contributed by atoms with E-state index in [1.165, 1.54) is 23.9 Å². The van der Waals surface area contributed by atoms with E-state index < -0.39 is 0 Å². The van der Waals surface area contributed by atoms with Crippen LogP contribution < -0.4 is 0 Å². The van der Waals surface area contributed by atoms with Gasteiger partial charge in [-0.05, 0) is 32.1 Å². The third-order valence-electron chi connectivity index (χ3n) is 2.80. The minimum absolute atomic E-state index is 0.0507. The van der Waals surface area contributed by atoms with E-state index in [9.17, 15) is 4.79 Å². The molecule has 0 saturated carbocycles. The van der Waals surface area contributed by atoms with Crippen molar-refractivity contribution in [3.63, 3.8) is 0 Å². The van der Waals surface area contributed by atoms with Crippen LogP contribution in [0.1, 0.15) is 23.4 Å². The van der Waals surface area contributed by atoms with Crippen LogP contribution in [-0.2, 0) is 16.1 Å². The summed E-state index contributed by atoms with van der Waals surface area (Å²) in [6.45, 7) is 3.91. The first-order valence-corrected chi connectivity index (χ1v) is 6.90. The zero-order valence-electron chi connectivity index (χ0n) is 11.5. The topological polar surface area (TPSA) is 55.3 Å². The van der Waals surface area contributed by atoms with Gasteiger partial charge >= 0.3 is 0 Å². The Morgan fingerprint density at radius 2 is 1.89 bits per heavy atom. The van der Waals surface area contributed by atoms with Crippen molar-refractivity contribution in [3.05, 3.63) is 17.0 Å². The van der Waals surface area contributed by atoms with Gasteiger partial charge in [0.05, 0.1) is 7.11 Å². The fourth-order valence-corrected chi connectivity index (χ4v) is 2.11. The molecule has 0 aliphatic rings. The number of hydrogen-bond acceptors (Lipinski definition) is 5. The Balaban J connectivity index is 2.77. The molecule has 0 radical (unpaired) electrons. The molecule has 1 heterocycles. The molecule has 0 aliphatic heterocycles. The zero-order valence-corrected chi connectivity index (χ0v) is 12.3. The molecule has 6 heteroatoms. The second-order valence-corrected chi connectivity index (χ2v) is 4.71. The number of aromatic nitrogens is 2. The number of carbonyl (C=O) groups excluding carboxylic acids is 1. The van der Waals surface area contributed by atoms with Gasteiger partial charge in [0.25, 0.3) is 0 Å². The van der Waals surface area contributed by atoms with E-state index in [-0.39, 0.29) is 5.91 Å². The summed E-state index contributed by atoms with van der Waals surface area (Å²) in [6.07, 6.45) is 2.98. The van der Waals surface area contributed by atoms with Gasteiger partial charge in [-0.25, -0.2) is 15.0 Å². The first kappa shape index (κ1) is 14.9. The largest absolute Gasteiger partial charge is 0.275 e. The molecule has 0 N–H and O–H groups in total. The van der Waals surface area contributed by atoms with Crippen molar-refractivity contribution < 1.29 is 9.63 Å². The second kappa shape index (κ2) is 6.70. The van der Waals surface area contributed by atoms with Crippen LogP contribution in [0.25, 0.3) is 0 Å². The third-order valence-corrected chi connectivity index (χ3v) is 3.34. The van der Waals surface area contributed by atoms with E-state index in [4.69, 9.17) is 4.84 Å². The summed E-state index contributed by atoms with van der Waals surface area (Å²) in [7, 11) is 3.08. The van der Waals surface area contributed by atoms with Gasteiger partial charge in [0.1, 0.15) is 0 Å². The van der Waals surface area contributed by atoms with E-state index in [1.807, 2.05) is 20.1 Å². The molecule has 0 aliphatic carbocycles. The van der Waals surface area contributed by atoms with Crippen LogP contribution in [-0.4, -0.2) is 41.4 Å². The van der Waals surface area contributed by atoms with Crippen LogP contribution in [0.3, 0.4) is 0 Å². The number of hydrogen-bond donors (Lipinski definition) is 0. The SMILES string of the molecule is CON(C)C(=O)CCc1c(C)nc(SC)nc1C. The zero-order chi connectivity index (χ0) is 13.7. The van der Waals surface area contributed by atoms with E-state index in [1.54, 1.807) is 7.05 Å². The van der Waals surface area contributed by atoms with Gasteiger partial charge < -0.3 is 0 Å². The molecule has 0 saturated heterocycles. The molecule has 1 aromatic heterocycles. The molecule has 0 spiro atoms. The average molecular weight is 269 g/mol. The summed E-state index contributed by atoms with van der Waals surface area (Å²) in [6, 6.07) is 0. The Morgan fingerprint density at radius 1 is 1.33 bits per heavy atom. The fraction of sp³-hybridized carbons (Fsp3) is 0.583. The number of amides is 1. The lowest BCUT2D eigenvalue weighted by molar-refractivity contribution is -0.168. The van der Waals surface area contributed by atoms with Crippen molar-refractivity contribution in [3.8, 4) is 0 Å². The molecular weight excluding hydrogens is 250 g/mol. The molecule has 0 atom stereocenters. The minimum Gasteiger partial charge on any atom is -0.275 e. The molecule has 18 heavy (non-hydrogen) atoms. The van der Waals surface area contributed by atoms with Crippen LogP contribution in [0.15, 0.2) is 5.16 Å². The quantitative estimate of drug-likeness (QED) is 0.463. The number of rotatable bonds is 5. The highest BCUT2D eigenvalue weighted by atomic mass is 32.2. The van der Waals surface area contributed by atoms with Crippen LogP contribution in [0, 0.1) is 13.8 Å². The smallest absolute Gasteiger partial charge is 0.246 e. The molecule has 5 nitrogen and oxygen atoms in total. The summed E-state index contributed by atoms with van der Waals surface area (Å²) < 4.78 is 0. The molecule has 0 fully saturated rings. The van der Waals surface area contributed by atoms with Crippen LogP contribution >= 0.6 is 11.8 Å². The molecule has 0 unspecified atom stereocenters. The van der Waals surface area contributed by atoms with E-state index in [2.05, 4.69) is 9.97 Å². The Kier molecular flexibility index (Phi) is 5.55. The number of nitrogens with zero attached hydrogens (tertiary/aromatic N) is 3. The van der Waals surface area contributed by atoms with Crippen molar-refractivity contribution in [1.29, 1.82) is 0 Å². The van der Waals surface area contributed by atoms with Gasteiger partial charge in [-0.15, -0.1) is 0 Å². The third kappa shape index (κ3) is 3.68. The maximum absolute atomic E-state index is 11.6. The lowest BCUT2D eigenvalue weighted by atomic mass is 10.1. The van der Waals surface area contributed by atoms with Crippen LogP contribution in [0.4, 0.5) is 0 Å². The second-order valence-electron chi connectivity index (χ2n) is 3.93. The van der Waals surface area contributed by atoms with E-state index in [0.29, 0.717) is 12.8 Å². The normalized spacial score (nSPS) is 10.5. The van der Waals surface area contributed by atoms with E-state index in [0.717, 1.165) is 22.1 Å². The first-order chi connectivity index (χ1) is 8.49. The molecule has 100 valence electrons. The van der Waals surface area contributed by atoms with Crippen molar-refractivity contribution >= 4 is 17.7 Å². The van der Waals surface area contributed by atoms with Crippen LogP contribution in [0.2, 0.25) is 0 Å². The predicted octanol–water partition coefficient (Wildman–Crippen LogP) is 1.77. The maximum Gasteiger partial charge on any atom is 0.246 e. The Hall–Kier alpha value is -1.14. The highest BCUT2D eigenvalue weighted by molar-refractivity contribution is 7.98. The predicted molar refractivity (Wildman–Crippen MR) is 71.4 cm³/mol. The molecule has 1 aromatic rings. The molecule has 0 aromatic carbocycles. The van der Waals surface area contributed by atoms with E-state index >= 15 is 0 Å². The molecule has 1 amide bonds. The van der Waals surface area contributed by atoms with Gasteiger partial charge in [0, 0.05) is 24.9 Å². The highest BCUT2D eigenvalue weighted by Crippen LogP contribution is 2.17. The minimum atomic E-state index is -0.0507. The van der Waals surface area contributed by atoms with Crippen molar-refractivity contribution in [2.75, 3.05) is 20.4 Å². The summed E-state index contributed by atoms with van der Waals surface area (Å²) in [5.41, 5.74) is 2.94. The van der Waals surface area contributed by atoms with Crippen molar-refractivity contribution in [2.45, 2.75) is 31.8 Å². The number of carbonyl (C=O) groups is 1. The average Bonchev–Trinajstić information content (AvgIpc) is 2.36. The standard InChI is InChI=1S/C12H19N3O2S/c1-8-10(6-7-11(16)15(3)17-4)9(2)14-12(13-8)18-5/h6-7H2,1-5H3. The monoisotopic (exact) mass is 269 g/mol. The van der Waals surface area contributed by atoms with Crippen LogP contribution in [0.5, 0.6) is 0 Å². The number of hydroxylamine groups is 2. The fourth-order valence-electron chi connectivity index (χ4n) is 1.65. The Morgan fingerprint density at radius 3 is 2.33 bits per heavy atom. The van der Waals surface area contributed by atoms with Crippen molar-refractivity contribution in [1.82, 2.24) is 15.0 Å². The Bertz CT molecular complexity index is 414. The highest BCUT2D eigenvalue weighted by Gasteiger charge is 2.12. The summed E-state index contributed by atoms with van der Waals surface area (Å²) in [5.74, 6) is -0.0507. The van der Waals surface area contributed by atoms with Gasteiger partial charge in [0.15, 0.2) is 5.16 Å². The summed E-state index contributed by atoms with van der Waals surface area (Å²) in [4.78, 5) is 25.3. The van der Waals surface area contributed by atoms with Gasteiger partial charge in [-0.1, -0.05) is 11.8 Å². The van der Waals surface area contributed by atoms with Gasteiger partial charge in [-0.3, -0.25) is 9.63 Å². The maximum atomic E-state index is 11.6. The van der Waals surface area contributed by atoms with Gasteiger partial charge in [-0.2, -0.15) is 0 Å². The molecule has 0 bridgehead atoms. The van der Waals surface area contributed by atoms with Gasteiger partial charge in [0.2, 0.25) is 5.91 Å². The molecular formula is C12H19N3O2S. The number of aryl methyl sites for hydroxylation is 2. The lowest BCUT2D eigenvalue weighted by Crippen LogP contribution is -2.25. The summed E-state index contributed by atoms with van der Waals surface area (Å²) >= 11 is 1.52.